The zero-order valence-electron chi connectivity index (χ0n) is 15.4. The summed E-state index contributed by atoms with van der Waals surface area (Å²) in [5, 5.41) is 5.84. The summed E-state index contributed by atoms with van der Waals surface area (Å²) in [5.41, 5.74) is 1.13. The first-order valence-electron chi connectivity index (χ1n) is 9.04. The third-order valence-electron chi connectivity index (χ3n) is 5.56. The van der Waals surface area contributed by atoms with Gasteiger partial charge < -0.3 is 15.5 Å². The van der Waals surface area contributed by atoms with E-state index in [9.17, 15) is 14.4 Å². The molecule has 0 radical (unpaired) electrons. The number of Topliss-reactive ketones (excluding diaryl/α,β-unsaturated/α-hetero) is 1. The fourth-order valence-corrected chi connectivity index (χ4v) is 3.76. The first kappa shape index (κ1) is 18.4. The van der Waals surface area contributed by atoms with E-state index < -0.39 is 0 Å². The molecule has 1 spiro atoms. The first-order valence-corrected chi connectivity index (χ1v) is 9.04. The Labute approximate surface area is 153 Å². The number of anilines is 1. The number of carbonyl (C=O) groups excluding carboxylic acids is 3. The van der Waals surface area contributed by atoms with Crippen LogP contribution in [0.5, 0.6) is 0 Å². The number of likely N-dealkylation sites (N-methyl/N-ethyl adjacent to an activating group) is 1. The largest absolute Gasteiger partial charge is 0.356 e. The molecule has 1 aromatic rings. The zero-order valence-corrected chi connectivity index (χ0v) is 15.4. The Hall–Kier alpha value is -2.41. The fourth-order valence-electron chi connectivity index (χ4n) is 3.76. The van der Waals surface area contributed by atoms with Gasteiger partial charge in [0.2, 0.25) is 5.91 Å². The molecule has 2 N–H and O–H groups in total. The minimum atomic E-state index is -0.159. The molecule has 26 heavy (non-hydrogen) atoms. The predicted molar refractivity (Wildman–Crippen MR) is 99.3 cm³/mol. The van der Waals surface area contributed by atoms with Crippen LogP contribution in [0.25, 0.3) is 0 Å². The van der Waals surface area contributed by atoms with Crippen molar-refractivity contribution in [3.05, 3.63) is 29.8 Å². The van der Waals surface area contributed by atoms with Gasteiger partial charge in [0.1, 0.15) is 0 Å². The van der Waals surface area contributed by atoms with E-state index in [1.165, 1.54) is 6.92 Å². The number of nitrogens with zero attached hydrogens (tertiary/aromatic N) is 2. The molecular formula is C19H26N4O3. The molecule has 3 amide bonds. The van der Waals surface area contributed by atoms with Crippen LogP contribution < -0.4 is 10.6 Å². The van der Waals surface area contributed by atoms with Gasteiger partial charge in [0, 0.05) is 49.4 Å². The van der Waals surface area contributed by atoms with Crippen molar-refractivity contribution in [3.63, 3.8) is 0 Å². The zero-order chi connectivity index (χ0) is 18.7. The van der Waals surface area contributed by atoms with Crippen molar-refractivity contribution in [2.24, 2.45) is 0 Å². The van der Waals surface area contributed by atoms with Crippen LogP contribution in [0.1, 0.15) is 36.5 Å². The van der Waals surface area contributed by atoms with E-state index in [0.29, 0.717) is 37.3 Å². The Balaban J connectivity index is 1.67. The second-order valence-corrected chi connectivity index (χ2v) is 7.23. The van der Waals surface area contributed by atoms with E-state index in [0.717, 1.165) is 19.4 Å². The fraction of sp³-hybridized carbons (Fsp3) is 0.526. The molecule has 1 atom stereocenters. The maximum atomic E-state index is 12.7. The summed E-state index contributed by atoms with van der Waals surface area (Å²) in [6.45, 7) is 4.20. The number of nitrogens with one attached hydrogen (secondary N) is 2. The monoisotopic (exact) mass is 358 g/mol. The minimum absolute atomic E-state index is 0.000376. The van der Waals surface area contributed by atoms with Crippen LogP contribution in [0.4, 0.5) is 10.5 Å². The molecular weight excluding hydrogens is 332 g/mol. The van der Waals surface area contributed by atoms with Gasteiger partial charge in [0.25, 0.3) is 0 Å². The standard InChI is InChI=1S/C19H26N4O3/c1-14(24)15-3-5-16(6-4-15)21-18(26)23-12-11-22(2)19(13-23)8-7-17(25)20-10-9-19/h3-6H,7-13H2,1-2H3,(H,20,25)(H,21,26). The van der Waals surface area contributed by atoms with Gasteiger partial charge in [0.05, 0.1) is 0 Å². The summed E-state index contributed by atoms with van der Waals surface area (Å²) in [7, 11) is 2.07. The molecule has 2 saturated heterocycles. The topological polar surface area (TPSA) is 81.8 Å². The molecule has 0 aliphatic carbocycles. The van der Waals surface area contributed by atoms with Gasteiger partial charge in [-0.15, -0.1) is 0 Å². The number of hydrogen-bond acceptors (Lipinski definition) is 4. The minimum Gasteiger partial charge on any atom is -0.356 e. The van der Waals surface area contributed by atoms with Crippen molar-refractivity contribution in [2.45, 2.75) is 31.7 Å². The van der Waals surface area contributed by atoms with E-state index in [1.54, 1.807) is 24.3 Å². The average Bonchev–Trinajstić information content (AvgIpc) is 2.80. The van der Waals surface area contributed by atoms with Gasteiger partial charge in [-0.05, 0) is 51.1 Å². The number of piperazine rings is 1. The van der Waals surface area contributed by atoms with Crippen LogP contribution >= 0.6 is 0 Å². The molecule has 7 heteroatoms. The van der Waals surface area contributed by atoms with Gasteiger partial charge >= 0.3 is 6.03 Å². The smallest absolute Gasteiger partial charge is 0.321 e. The number of amides is 3. The lowest BCUT2D eigenvalue weighted by Crippen LogP contribution is -2.62. The van der Waals surface area contributed by atoms with Crippen molar-refractivity contribution in [2.75, 3.05) is 38.5 Å². The summed E-state index contributed by atoms with van der Waals surface area (Å²) in [6, 6.07) is 6.78. The van der Waals surface area contributed by atoms with Crippen LogP contribution in [0.15, 0.2) is 24.3 Å². The second-order valence-electron chi connectivity index (χ2n) is 7.23. The van der Waals surface area contributed by atoms with Crippen LogP contribution in [0.2, 0.25) is 0 Å². The Bertz CT molecular complexity index is 703. The average molecular weight is 358 g/mol. The molecule has 1 unspecified atom stereocenters. The summed E-state index contributed by atoms with van der Waals surface area (Å²) in [4.78, 5) is 39.9. The van der Waals surface area contributed by atoms with E-state index in [4.69, 9.17) is 0 Å². The molecule has 2 aliphatic heterocycles. The van der Waals surface area contributed by atoms with E-state index in [2.05, 4.69) is 22.6 Å². The highest BCUT2D eigenvalue weighted by molar-refractivity contribution is 5.95. The molecule has 0 bridgehead atoms. The van der Waals surface area contributed by atoms with Gasteiger partial charge in [-0.25, -0.2) is 4.79 Å². The Morgan fingerprint density at radius 1 is 1.15 bits per heavy atom. The third kappa shape index (κ3) is 3.88. The molecule has 0 aromatic heterocycles. The molecule has 2 heterocycles. The van der Waals surface area contributed by atoms with Crippen LogP contribution in [0, 0.1) is 0 Å². The van der Waals surface area contributed by atoms with Crippen LogP contribution in [0.3, 0.4) is 0 Å². The van der Waals surface area contributed by atoms with Crippen molar-refractivity contribution >= 4 is 23.4 Å². The SMILES string of the molecule is CC(=O)c1ccc(NC(=O)N2CCN(C)C3(CCNC(=O)CC3)C2)cc1. The molecule has 7 nitrogen and oxygen atoms in total. The summed E-state index contributed by atoms with van der Waals surface area (Å²) in [5.74, 6) is 0.0859. The van der Waals surface area contributed by atoms with E-state index in [-0.39, 0.29) is 23.3 Å². The highest BCUT2D eigenvalue weighted by atomic mass is 16.2. The molecule has 2 aliphatic rings. The van der Waals surface area contributed by atoms with Crippen LogP contribution in [-0.4, -0.2) is 66.3 Å². The third-order valence-corrected chi connectivity index (χ3v) is 5.56. The van der Waals surface area contributed by atoms with Crippen molar-refractivity contribution in [3.8, 4) is 0 Å². The summed E-state index contributed by atoms with van der Waals surface area (Å²) in [6.07, 6.45) is 2.09. The summed E-state index contributed by atoms with van der Waals surface area (Å²) < 4.78 is 0. The quantitative estimate of drug-likeness (QED) is 0.789. The number of hydrogen-bond donors (Lipinski definition) is 2. The Kier molecular flexibility index (Phi) is 5.27. The van der Waals surface area contributed by atoms with Gasteiger partial charge in [0.15, 0.2) is 5.78 Å². The van der Waals surface area contributed by atoms with Crippen molar-refractivity contribution in [1.29, 1.82) is 0 Å². The normalized spacial score (nSPS) is 24.1. The van der Waals surface area contributed by atoms with Gasteiger partial charge in [-0.3, -0.25) is 14.5 Å². The van der Waals surface area contributed by atoms with Gasteiger partial charge in [-0.2, -0.15) is 0 Å². The Morgan fingerprint density at radius 2 is 1.88 bits per heavy atom. The number of urea groups is 1. The highest BCUT2D eigenvalue weighted by Crippen LogP contribution is 2.30. The maximum absolute atomic E-state index is 12.7. The number of carbonyl (C=O) groups is 3. The number of ketones is 1. The predicted octanol–water partition coefficient (Wildman–Crippen LogP) is 1.71. The van der Waals surface area contributed by atoms with E-state index >= 15 is 0 Å². The van der Waals surface area contributed by atoms with Crippen LogP contribution in [-0.2, 0) is 4.79 Å². The first-order chi connectivity index (χ1) is 12.4. The number of benzene rings is 1. The van der Waals surface area contributed by atoms with Crippen molar-refractivity contribution < 1.29 is 14.4 Å². The molecule has 2 fully saturated rings. The maximum Gasteiger partial charge on any atom is 0.321 e. The molecule has 140 valence electrons. The van der Waals surface area contributed by atoms with E-state index in [1.807, 2.05) is 4.90 Å². The molecule has 3 rings (SSSR count). The lowest BCUT2D eigenvalue weighted by Gasteiger charge is -2.49. The van der Waals surface area contributed by atoms with Gasteiger partial charge in [-0.1, -0.05) is 0 Å². The second kappa shape index (κ2) is 7.45. The molecule has 1 aromatic carbocycles. The number of rotatable bonds is 2. The summed E-state index contributed by atoms with van der Waals surface area (Å²) >= 11 is 0. The molecule has 0 saturated carbocycles. The lowest BCUT2D eigenvalue weighted by molar-refractivity contribution is -0.121. The Morgan fingerprint density at radius 3 is 2.58 bits per heavy atom. The highest BCUT2D eigenvalue weighted by Gasteiger charge is 2.42. The lowest BCUT2D eigenvalue weighted by atomic mass is 9.86. The van der Waals surface area contributed by atoms with Crippen molar-refractivity contribution in [1.82, 2.24) is 15.1 Å².